The average Bonchev–Trinajstić information content (AvgIpc) is 3.14. The first-order valence-electron chi connectivity index (χ1n) is 10.6. The van der Waals surface area contributed by atoms with Gasteiger partial charge in [0.2, 0.25) is 0 Å². The standard InChI is InChI=1S/C24H24FN7O2/c1-6-7-17-18(11-29-32(23(17)34)24(3,4)5)13(2)31-22-19(21(26)27-12-28-22)20(30-31)14-8-15(25)10-16(33)9-14/h8-13,33H,1-5H3,(H2,26,27,28)/t13-/m0/s1. The van der Waals surface area contributed by atoms with Gasteiger partial charge in [0, 0.05) is 17.2 Å². The molecule has 34 heavy (non-hydrogen) atoms. The zero-order valence-corrected chi connectivity index (χ0v) is 19.5. The first kappa shape index (κ1) is 22.9. The Kier molecular flexibility index (Phi) is 5.57. The van der Waals surface area contributed by atoms with E-state index in [-0.39, 0.29) is 17.1 Å². The van der Waals surface area contributed by atoms with Gasteiger partial charge in [0.25, 0.3) is 5.56 Å². The third kappa shape index (κ3) is 3.85. The number of benzene rings is 1. The van der Waals surface area contributed by atoms with Gasteiger partial charge in [-0.3, -0.25) is 4.79 Å². The molecule has 1 aromatic carbocycles. The Bertz CT molecular complexity index is 1520. The molecule has 0 fully saturated rings. The third-order valence-corrected chi connectivity index (χ3v) is 5.38. The lowest BCUT2D eigenvalue weighted by atomic mass is 10.0. The van der Waals surface area contributed by atoms with Crippen LogP contribution in [0.1, 0.15) is 51.8 Å². The van der Waals surface area contributed by atoms with E-state index in [1.807, 2.05) is 27.7 Å². The molecule has 1 atom stereocenters. The van der Waals surface area contributed by atoms with E-state index in [1.54, 1.807) is 17.8 Å². The molecule has 0 aliphatic rings. The summed E-state index contributed by atoms with van der Waals surface area (Å²) in [6.45, 7) is 9.14. The normalized spacial score (nSPS) is 12.4. The van der Waals surface area contributed by atoms with E-state index in [1.165, 1.54) is 23.1 Å². The van der Waals surface area contributed by atoms with E-state index in [0.717, 1.165) is 6.07 Å². The molecule has 0 radical (unpaired) electrons. The monoisotopic (exact) mass is 461 g/mol. The number of hydrogen-bond donors (Lipinski definition) is 2. The number of nitrogens with zero attached hydrogens (tertiary/aromatic N) is 6. The summed E-state index contributed by atoms with van der Waals surface area (Å²) in [4.78, 5) is 21.6. The lowest BCUT2D eigenvalue weighted by molar-refractivity contribution is 0.335. The van der Waals surface area contributed by atoms with E-state index < -0.39 is 17.4 Å². The number of halogens is 1. The Morgan fingerprint density at radius 3 is 2.59 bits per heavy atom. The van der Waals surface area contributed by atoms with Crippen LogP contribution in [0.2, 0.25) is 0 Å². The highest BCUT2D eigenvalue weighted by Gasteiger charge is 2.26. The molecule has 174 valence electrons. The first-order valence-corrected chi connectivity index (χ1v) is 10.6. The van der Waals surface area contributed by atoms with Crippen molar-refractivity contribution in [3.05, 3.63) is 58.0 Å². The fraction of sp³-hybridized carbons (Fsp3) is 0.292. The van der Waals surface area contributed by atoms with Crippen molar-refractivity contribution in [2.45, 2.75) is 46.2 Å². The lowest BCUT2D eigenvalue weighted by Crippen LogP contribution is -2.38. The van der Waals surface area contributed by atoms with Crippen molar-refractivity contribution >= 4 is 16.9 Å². The van der Waals surface area contributed by atoms with Crippen molar-refractivity contribution in [1.82, 2.24) is 29.5 Å². The zero-order valence-electron chi connectivity index (χ0n) is 19.5. The number of rotatable bonds is 3. The van der Waals surface area contributed by atoms with Crippen LogP contribution in [0.3, 0.4) is 0 Å². The molecule has 0 bridgehead atoms. The van der Waals surface area contributed by atoms with Gasteiger partial charge in [0.15, 0.2) is 5.65 Å². The summed E-state index contributed by atoms with van der Waals surface area (Å²) in [6, 6.07) is 3.09. The van der Waals surface area contributed by atoms with Crippen LogP contribution < -0.4 is 11.3 Å². The molecule has 0 spiro atoms. The largest absolute Gasteiger partial charge is 0.508 e. The summed E-state index contributed by atoms with van der Waals surface area (Å²) in [5.41, 5.74) is 7.14. The minimum Gasteiger partial charge on any atom is -0.508 e. The van der Waals surface area contributed by atoms with Gasteiger partial charge in [-0.05, 0) is 46.8 Å². The van der Waals surface area contributed by atoms with Crippen LogP contribution in [0.5, 0.6) is 5.75 Å². The molecule has 3 heterocycles. The van der Waals surface area contributed by atoms with E-state index in [4.69, 9.17) is 5.73 Å². The summed E-state index contributed by atoms with van der Waals surface area (Å²) in [7, 11) is 0. The van der Waals surface area contributed by atoms with Gasteiger partial charge in [-0.2, -0.15) is 10.2 Å². The maximum atomic E-state index is 14.0. The molecular weight excluding hydrogens is 437 g/mol. The number of aromatic nitrogens is 6. The molecule has 3 aromatic heterocycles. The van der Waals surface area contributed by atoms with Crippen LogP contribution in [-0.4, -0.2) is 34.6 Å². The van der Waals surface area contributed by atoms with Gasteiger partial charge in [0.05, 0.1) is 28.7 Å². The smallest absolute Gasteiger partial charge is 0.283 e. The molecule has 0 amide bonds. The Balaban J connectivity index is 1.99. The minimum atomic E-state index is -0.628. The number of phenols is 1. The second kappa shape index (κ2) is 8.26. The van der Waals surface area contributed by atoms with Gasteiger partial charge >= 0.3 is 0 Å². The van der Waals surface area contributed by atoms with Crippen molar-refractivity contribution in [2.75, 3.05) is 5.73 Å². The summed E-state index contributed by atoms with van der Waals surface area (Å²) < 4.78 is 17.0. The van der Waals surface area contributed by atoms with Crippen LogP contribution in [0.4, 0.5) is 10.2 Å². The van der Waals surface area contributed by atoms with Crippen molar-refractivity contribution < 1.29 is 9.50 Å². The number of nitrogens with two attached hydrogens (primary N) is 1. The fourth-order valence-corrected chi connectivity index (χ4v) is 3.82. The van der Waals surface area contributed by atoms with Crippen molar-refractivity contribution in [3.63, 3.8) is 0 Å². The topological polar surface area (TPSA) is 125 Å². The minimum absolute atomic E-state index is 0.150. The van der Waals surface area contributed by atoms with Crippen LogP contribution in [0.15, 0.2) is 35.5 Å². The van der Waals surface area contributed by atoms with E-state index in [9.17, 15) is 14.3 Å². The number of fused-ring (bicyclic) bond motifs is 1. The number of aromatic hydroxyl groups is 1. The van der Waals surface area contributed by atoms with Gasteiger partial charge in [0.1, 0.15) is 29.4 Å². The van der Waals surface area contributed by atoms with Crippen LogP contribution in [0, 0.1) is 17.7 Å². The lowest BCUT2D eigenvalue weighted by Gasteiger charge is -2.23. The maximum Gasteiger partial charge on any atom is 0.283 e. The molecule has 10 heteroatoms. The summed E-state index contributed by atoms with van der Waals surface area (Å²) in [6.07, 6.45) is 2.90. The van der Waals surface area contributed by atoms with Crippen molar-refractivity contribution in [2.24, 2.45) is 0 Å². The number of hydrogen-bond acceptors (Lipinski definition) is 7. The molecule has 3 N–H and O–H groups in total. The highest BCUT2D eigenvalue weighted by molar-refractivity contribution is 5.98. The highest BCUT2D eigenvalue weighted by atomic mass is 19.1. The molecule has 0 aliphatic heterocycles. The Morgan fingerprint density at radius 2 is 1.94 bits per heavy atom. The molecule has 4 rings (SSSR count). The molecule has 0 aliphatic carbocycles. The second-order valence-corrected chi connectivity index (χ2v) is 8.86. The summed E-state index contributed by atoms with van der Waals surface area (Å²) >= 11 is 0. The quantitative estimate of drug-likeness (QED) is 0.449. The van der Waals surface area contributed by atoms with Gasteiger partial charge in [-0.1, -0.05) is 5.92 Å². The molecule has 9 nitrogen and oxygen atoms in total. The van der Waals surface area contributed by atoms with Crippen LogP contribution in [0.25, 0.3) is 22.3 Å². The fourth-order valence-electron chi connectivity index (χ4n) is 3.82. The third-order valence-electron chi connectivity index (χ3n) is 5.38. The van der Waals surface area contributed by atoms with Crippen LogP contribution >= 0.6 is 0 Å². The number of phenolic OH excluding ortho intramolecular Hbond substituents is 1. The number of nitrogen functional groups attached to an aromatic ring is 1. The summed E-state index contributed by atoms with van der Waals surface area (Å²) in [5, 5.41) is 19.3. The summed E-state index contributed by atoms with van der Waals surface area (Å²) in [5.74, 6) is 4.99. The second-order valence-electron chi connectivity index (χ2n) is 8.86. The Hall–Kier alpha value is -4.26. The van der Waals surface area contributed by atoms with Gasteiger partial charge in [-0.25, -0.2) is 23.7 Å². The predicted octanol–water partition coefficient (Wildman–Crippen LogP) is 3.21. The van der Waals surface area contributed by atoms with Crippen LogP contribution in [-0.2, 0) is 5.54 Å². The highest BCUT2D eigenvalue weighted by Crippen LogP contribution is 2.34. The molecule has 4 aromatic rings. The Morgan fingerprint density at radius 1 is 1.21 bits per heavy atom. The SMILES string of the molecule is CC#Cc1c([C@H](C)n2nc(-c3cc(O)cc(F)c3)c3c(N)ncnc32)cnn(C(C)(C)C)c1=O. The molecular formula is C24H24FN7O2. The molecule has 0 unspecified atom stereocenters. The maximum absolute atomic E-state index is 14.0. The first-order chi connectivity index (χ1) is 16.0. The number of anilines is 1. The van der Waals surface area contributed by atoms with Crippen molar-refractivity contribution in [3.8, 4) is 28.8 Å². The van der Waals surface area contributed by atoms with Gasteiger partial charge in [-0.15, -0.1) is 5.92 Å². The predicted molar refractivity (Wildman–Crippen MR) is 127 cm³/mol. The Labute approximate surface area is 195 Å². The zero-order chi connectivity index (χ0) is 24.8. The van der Waals surface area contributed by atoms with E-state index in [2.05, 4.69) is 32.0 Å². The van der Waals surface area contributed by atoms with E-state index in [0.29, 0.717) is 33.4 Å². The average molecular weight is 462 g/mol. The molecule has 0 saturated heterocycles. The molecule has 0 saturated carbocycles. The van der Waals surface area contributed by atoms with Gasteiger partial charge < -0.3 is 10.8 Å². The van der Waals surface area contributed by atoms with E-state index >= 15 is 0 Å². The van der Waals surface area contributed by atoms with Crippen molar-refractivity contribution in [1.29, 1.82) is 0 Å².